The molecule has 0 spiro atoms. The second kappa shape index (κ2) is 5.45. The lowest BCUT2D eigenvalue weighted by molar-refractivity contribution is -0.135. The van der Waals surface area contributed by atoms with Crippen LogP contribution in [0.4, 0.5) is 0 Å². The van der Waals surface area contributed by atoms with Gasteiger partial charge < -0.3 is 0 Å². The molecule has 1 unspecified atom stereocenters. The van der Waals surface area contributed by atoms with Crippen LogP contribution >= 0.6 is 0 Å². The maximum Gasteiger partial charge on any atom is 0.265 e. The summed E-state index contributed by atoms with van der Waals surface area (Å²) in [6.07, 6.45) is 0. The second-order valence-electron chi connectivity index (χ2n) is 4.96. The highest BCUT2D eigenvalue weighted by Gasteiger charge is 2.31. The largest absolute Gasteiger partial charge is 0.289 e. The van der Waals surface area contributed by atoms with E-state index in [9.17, 15) is 4.79 Å². The maximum atomic E-state index is 12.0. The van der Waals surface area contributed by atoms with Crippen LogP contribution in [0.25, 0.3) is 0 Å². The summed E-state index contributed by atoms with van der Waals surface area (Å²) >= 11 is 0. The smallest absolute Gasteiger partial charge is 0.265 e. The molecule has 102 valence electrons. The Morgan fingerprint density at radius 2 is 1.55 bits per heavy atom. The van der Waals surface area contributed by atoms with Crippen molar-refractivity contribution in [2.75, 3.05) is 0 Å². The molecule has 2 N–H and O–H groups in total. The number of hydrogen-bond acceptors (Lipinski definition) is 3. The molecule has 1 atom stereocenters. The number of hydroxylamine groups is 1. The predicted molar refractivity (Wildman–Crippen MR) is 74.8 cm³/mol. The molecule has 1 aliphatic heterocycles. The number of amides is 1. The van der Waals surface area contributed by atoms with Gasteiger partial charge in [0.05, 0.1) is 0 Å². The Balaban J connectivity index is 1.91. The summed E-state index contributed by atoms with van der Waals surface area (Å²) in [5.41, 5.74) is 5.14. The van der Waals surface area contributed by atoms with Gasteiger partial charge in [0, 0.05) is 13.1 Å². The summed E-state index contributed by atoms with van der Waals surface area (Å²) in [5, 5.41) is 9.02. The third-order valence-electron chi connectivity index (χ3n) is 3.70. The summed E-state index contributed by atoms with van der Waals surface area (Å²) in [5.74, 6) is -0.399. The van der Waals surface area contributed by atoms with Crippen molar-refractivity contribution in [3.63, 3.8) is 0 Å². The predicted octanol–water partition coefficient (Wildman–Crippen LogP) is 2.25. The molecular weight excluding hydrogens is 252 g/mol. The van der Waals surface area contributed by atoms with Gasteiger partial charge in [-0.2, -0.15) is 0 Å². The van der Waals surface area contributed by atoms with E-state index >= 15 is 0 Å². The molecule has 20 heavy (non-hydrogen) atoms. The number of fused-ring (bicyclic) bond motifs is 1. The lowest BCUT2D eigenvalue weighted by Crippen LogP contribution is -2.36. The topological polar surface area (TPSA) is 52.6 Å². The van der Waals surface area contributed by atoms with Gasteiger partial charge in [0.15, 0.2) is 0 Å². The highest BCUT2D eigenvalue weighted by atomic mass is 16.5. The first-order valence-corrected chi connectivity index (χ1v) is 6.59. The Morgan fingerprint density at radius 1 is 1.00 bits per heavy atom. The number of nitrogens with zero attached hydrogens (tertiary/aromatic N) is 1. The lowest BCUT2D eigenvalue weighted by atomic mass is 10.1. The highest BCUT2D eigenvalue weighted by Crippen LogP contribution is 2.31. The van der Waals surface area contributed by atoms with Crippen molar-refractivity contribution in [2.45, 2.75) is 19.1 Å². The van der Waals surface area contributed by atoms with Crippen LogP contribution in [0, 0.1) is 0 Å². The Hall–Kier alpha value is -2.17. The fraction of sp³-hybridized carbons (Fsp3) is 0.188. The van der Waals surface area contributed by atoms with Gasteiger partial charge in [0.2, 0.25) is 0 Å². The first-order valence-electron chi connectivity index (χ1n) is 6.59. The zero-order valence-corrected chi connectivity index (χ0v) is 11.0. The van der Waals surface area contributed by atoms with Crippen LogP contribution in [0.3, 0.4) is 0 Å². The molecule has 0 aliphatic carbocycles. The van der Waals surface area contributed by atoms with Crippen molar-refractivity contribution in [3.8, 4) is 0 Å². The van der Waals surface area contributed by atoms with Crippen LogP contribution < -0.4 is 5.48 Å². The zero-order chi connectivity index (χ0) is 13.9. The van der Waals surface area contributed by atoms with Gasteiger partial charge in [-0.05, 0) is 16.7 Å². The van der Waals surface area contributed by atoms with Gasteiger partial charge in [-0.25, -0.2) is 5.48 Å². The molecule has 0 saturated carbocycles. The van der Waals surface area contributed by atoms with Crippen LogP contribution in [0.1, 0.15) is 22.7 Å². The van der Waals surface area contributed by atoms with Gasteiger partial charge in [0.25, 0.3) is 5.91 Å². The van der Waals surface area contributed by atoms with Gasteiger partial charge in [-0.15, -0.1) is 0 Å². The number of benzene rings is 2. The van der Waals surface area contributed by atoms with Crippen molar-refractivity contribution >= 4 is 5.91 Å². The van der Waals surface area contributed by atoms with Crippen LogP contribution in [-0.2, 0) is 17.9 Å². The lowest BCUT2D eigenvalue weighted by Gasteiger charge is -2.25. The third kappa shape index (κ3) is 2.31. The molecule has 4 nitrogen and oxygen atoms in total. The summed E-state index contributed by atoms with van der Waals surface area (Å²) < 4.78 is 0. The molecule has 2 aromatic carbocycles. The van der Waals surface area contributed by atoms with Crippen molar-refractivity contribution in [3.05, 3.63) is 71.3 Å². The van der Waals surface area contributed by atoms with E-state index in [1.165, 1.54) is 11.1 Å². The molecule has 1 heterocycles. The Bertz CT molecular complexity index is 588. The van der Waals surface area contributed by atoms with Crippen LogP contribution in [0.15, 0.2) is 54.6 Å². The van der Waals surface area contributed by atoms with Crippen LogP contribution in [-0.4, -0.2) is 16.0 Å². The van der Waals surface area contributed by atoms with E-state index in [-0.39, 0.29) is 0 Å². The normalized spacial score (nSPS) is 15.7. The fourth-order valence-electron chi connectivity index (χ4n) is 2.77. The minimum Gasteiger partial charge on any atom is -0.289 e. The number of rotatable bonds is 3. The zero-order valence-electron chi connectivity index (χ0n) is 11.0. The molecule has 1 aliphatic rings. The van der Waals surface area contributed by atoms with Crippen LogP contribution in [0.2, 0.25) is 0 Å². The van der Waals surface area contributed by atoms with Crippen molar-refractivity contribution in [1.82, 2.24) is 10.4 Å². The van der Waals surface area contributed by atoms with E-state index in [2.05, 4.69) is 17.0 Å². The van der Waals surface area contributed by atoms with E-state index in [1.807, 2.05) is 42.5 Å². The molecule has 0 aromatic heterocycles. The Morgan fingerprint density at radius 3 is 2.10 bits per heavy atom. The molecule has 0 radical (unpaired) electrons. The average molecular weight is 268 g/mol. The Labute approximate surface area is 117 Å². The second-order valence-corrected chi connectivity index (χ2v) is 4.96. The maximum absolute atomic E-state index is 12.0. The average Bonchev–Trinajstić information content (AvgIpc) is 2.91. The summed E-state index contributed by atoms with van der Waals surface area (Å²) in [6.45, 7) is 1.42. The van der Waals surface area contributed by atoms with Gasteiger partial charge >= 0.3 is 0 Å². The molecule has 0 saturated heterocycles. The van der Waals surface area contributed by atoms with Crippen molar-refractivity contribution in [2.24, 2.45) is 0 Å². The number of hydrogen-bond donors (Lipinski definition) is 2. The minimum absolute atomic E-state index is 0.399. The monoisotopic (exact) mass is 268 g/mol. The van der Waals surface area contributed by atoms with E-state index < -0.39 is 11.9 Å². The van der Waals surface area contributed by atoms with E-state index in [0.29, 0.717) is 13.1 Å². The van der Waals surface area contributed by atoms with Gasteiger partial charge in [-0.3, -0.25) is 14.9 Å². The van der Waals surface area contributed by atoms with Crippen molar-refractivity contribution in [1.29, 1.82) is 0 Å². The highest BCUT2D eigenvalue weighted by molar-refractivity contribution is 5.82. The first kappa shape index (κ1) is 12.8. The number of nitrogens with one attached hydrogen (secondary N) is 1. The number of carbonyl (C=O) groups is 1. The molecule has 1 amide bonds. The molecular formula is C16H16N2O2. The standard InChI is InChI=1S/C16H16N2O2/c19-16(17-20)15(12-6-2-1-3-7-12)18-10-13-8-4-5-9-14(13)11-18/h1-9,15,20H,10-11H2,(H,17,19). The van der Waals surface area contributed by atoms with E-state index in [0.717, 1.165) is 5.56 Å². The van der Waals surface area contributed by atoms with Crippen LogP contribution in [0.5, 0.6) is 0 Å². The minimum atomic E-state index is -0.478. The summed E-state index contributed by atoms with van der Waals surface area (Å²) in [6, 6.07) is 17.2. The summed E-state index contributed by atoms with van der Waals surface area (Å²) in [7, 11) is 0. The van der Waals surface area contributed by atoms with Gasteiger partial charge in [-0.1, -0.05) is 54.6 Å². The SMILES string of the molecule is O=C(NO)C(c1ccccc1)N1Cc2ccccc2C1. The quantitative estimate of drug-likeness (QED) is 0.663. The van der Waals surface area contributed by atoms with E-state index in [4.69, 9.17) is 5.21 Å². The molecule has 2 aromatic rings. The summed E-state index contributed by atoms with van der Waals surface area (Å²) in [4.78, 5) is 14.1. The molecule has 4 heteroatoms. The fourth-order valence-corrected chi connectivity index (χ4v) is 2.77. The molecule has 0 fully saturated rings. The van der Waals surface area contributed by atoms with Crippen molar-refractivity contribution < 1.29 is 10.0 Å². The van der Waals surface area contributed by atoms with E-state index in [1.54, 1.807) is 5.48 Å². The Kier molecular flexibility index (Phi) is 3.50. The first-order chi connectivity index (χ1) is 9.79. The molecule has 0 bridgehead atoms. The third-order valence-corrected chi connectivity index (χ3v) is 3.70. The number of carbonyl (C=O) groups excluding carboxylic acids is 1. The van der Waals surface area contributed by atoms with Gasteiger partial charge in [0.1, 0.15) is 6.04 Å². The molecule has 3 rings (SSSR count).